The molecule has 6 nitrogen and oxygen atoms in total. The maximum absolute atomic E-state index is 12.8. The van der Waals surface area contributed by atoms with Gasteiger partial charge in [0.25, 0.3) is 0 Å². The molecule has 2 aliphatic rings. The van der Waals surface area contributed by atoms with Gasteiger partial charge in [-0.25, -0.2) is 4.98 Å². The van der Waals surface area contributed by atoms with Crippen LogP contribution in [0.15, 0.2) is 18.7 Å². The number of likely N-dealkylation sites (N-methyl/N-ethyl adjacent to an activating group) is 1. The summed E-state index contributed by atoms with van der Waals surface area (Å²) in [6.07, 6.45) is 9.63. The molecule has 0 N–H and O–H groups in total. The Morgan fingerprint density at radius 1 is 1.27 bits per heavy atom. The standard InChI is InChI=1S/C16H24N4O2/c1-18(2)15(22)16(20-10-7-17-12-20)5-8-19(9-6-16)14(21)11-13-3-4-13/h7,10,12-13H,3-6,8-9,11H2,1-2H3. The first-order valence-corrected chi connectivity index (χ1v) is 8.01. The molecule has 0 bridgehead atoms. The lowest BCUT2D eigenvalue weighted by Crippen LogP contribution is -2.55. The Morgan fingerprint density at radius 2 is 1.95 bits per heavy atom. The number of imidazole rings is 1. The maximum Gasteiger partial charge on any atom is 0.248 e. The minimum atomic E-state index is -0.601. The summed E-state index contributed by atoms with van der Waals surface area (Å²) in [6.45, 7) is 1.28. The zero-order chi connectivity index (χ0) is 15.7. The van der Waals surface area contributed by atoms with Crippen molar-refractivity contribution in [2.24, 2.45) is 5.92 Å². The molecule has 0 spiro atoms. The molecule has 2 heterocycles. The zero-order valence-corrected chi connectivity index (χ0v) is 13.4. The van der Waals surface area contributed by atoms with Gasteiger partial charge in [0, 0.05) is 46.0 Å². The van der Waals surface area contributed by atoms with E-state index in [4.69, 9.17) is 0 Å². The fourth-order valence-corrected chi connectivity index (χ4v) is 3.34. The number of rotatable bonds is 4. The number of aromatic nitrogens is 2. The minimum Gasteiger partial charge on any atom is -0.347 e. The van der Waals surface area contributed by atoms with Gasteiger partial charge in [-0.15, -0.1) is 0 Å². The molecule has 120 valence electrons. The molecule has 2 amide bonds. The number of amides is 2. The molecule has 22 heavy (non-hydrogen) atoms. The molecule has 1 aromatic rings. The number of hydrogen-bond donors (Lipinski definition) is 0. The smallest absolute Gasteiger partial charge is 0.248 e. The van der Waals surface area contributed by atoms with Crippen molar-refractivity contribution >= 4 is 11.8 Å². The van der Waals surface area contributed by atoms with Crippen LogP contribution >= 0.6 is 0 Å². The Kier molecular flexibility index (Phi) is 3.93. The van der Waals surface area contributed by atoms with Gasteiger partial charge in [-0.2, -0.15) is 0 Å². The van der Waals surface area contributed by atoms with Crippen molar-refractivity contribution in [2.45, 2.75) is 37.6 Å². The molecule has 1 saturated carbocycles. The molecule has 1 saturated heterocycles. The van der Waals surface area contributed by atoms with E-state index in [1.165, 1.54) is 12.8 Å². The van der Waals surface area contributed by atoms with Crippen LogP contribution in [0.25, 0.3) is 0 Å². The Bertz CT molecular complexity index is 541. The third-order valence-corrected chi connectivity index (χ3v) is 4.91. The second-order valence-electron chi connectivity index (χ2n) is 6.73. The van der Waals surface area contributed by atoms with Crippen LogP contribution in [0.5, 0.6) is 0 Å². The molecular weight excluding hydrogens is 280 g/mol. The van der Waals surface area contributed by atoms with Gasteiger partial charge >= 0.3 is 0 Å². The molecule has 1 aromatic heterocycles. The van der Waals surface area contributed by atoms with Crippen LogP contribution in [0, 0.1) is 5.92 Å². The van der Waals surface area contributed by atoms with Crippen LogP contribution in [0.4, 0.5) is 0 Å². The third-order valence-electron chi connectivity index (χ3n) is 4.91. The van der Waals surface area contributed by atoms with Crippen LogP contribution in [0.3, 0.4) is 0 Å². The van der Waals surface area contributed by atoms with Crippen molar-refractivity contribution in [2.75, 3.05) is 27.2 Å². The third kappa shape index (κ3) is 2.74. The Morgan fingerprint density at radius 3 is 2.45 bits per heavy atom. The van der Waals surface area contributed by atoms with Gasteiger partial charge in [0.2, 0.25) is 11.8 Å². The second kappa shape index (κ2) is 5.74. The average Bonchev–Trinajstić information content (AvgIpc) is 3.15. The van der Waals surface area contributed by atoms with Crippen LogP contribution in [-0.2, 0) is 15.1 Å². The number of likely N-dealkylation sites (tertiary alicyclic amines) is 1. The van der Waals surface area contributed by atoms with Gasteiger partial charge in [0.15, 0.2) is 0 Å². The Balaban J connectivity index is 1.73. The van der Waals surface area contributed by atoms with Gasteiger partial charge < -0.3 is 14.4 Å². The Labute approximate surface area is 131 Å². The zero-order valence-electron chi connectivity index (χ0n) is 13.4. The summed E-state index contributed by atoms with van der Waals surface area (Å²) in [5, 5.41) is 0. The highest BCUT2D eigenvalue weighted by Gasteiger charge is 2.44. The van der Waals surface area contributed by atoms with Crippen molar-refractivity contribution in [1.82, 2.24) is 19.4 Å². The van der Waals surface area contributed by atoms with Gasteiger partial charge in [0.05, 0.1) is 6.33 Å². The summed E-state index contributed by atoms with van der Waals surface area (Å²) in [7, 11) is 3.57. The number of nitrogens with zero attached hydrogens (tertiary/aromatic N) is 4. The van der Waals surface area contributed by atoms with Crippen LogP contribution in [-0.4, -0.2) is 58.4 Å². The lowest BCUT2D eigenvalue weighted by atomic mass is 9.85. The van der Waals surface area contributed by atoms with E-state index in [2.05, 4.69) is 4.98 Å². The number of carbonyl (C=O) groups excluding carboxylic acids is 2. The Hall–Kier alpha value is -1.85. The lowest BCUT2D eigenvalue weighted by Gasteiger charge is -2.42. The van der Waals surface area contributed by atoms with Crippen LogP contribution in [0.1, 0.15) is 32.1 Å². The van der Waals surface area contributed by atoms with E-state index < -0.39 is 5.54 Å². The molecular formula is C16H24N4O2. The lowest BCUT2D eigenvalue weighted by molar-refractivity contribution is -0.145. The van der Waals surface area contributed by atoms with E-state index in [1.807, 2.05) is 15.7 Å². The fraction of sp³-hybridized carbons (Fsp3) is 0.688. The summed E-state index contributed by atoms with van der Waals surface area (Å²) in [6, 6.07) is 0. The molecule has 1 aliphatic heterocycles. The van der Waals surface area contributed by atoms with E-state index >= 15 is 0 Å². The summed E-state index contributed by atoms with van der Waals surface area (Å²) >= 11 is 0. The molecule has 0 aromatic carbocycles. The summed E-state index contributed by atoms with van der Waals surface area (Å²) in [4.78, 5) is 32.7. The van der Waals surface area contributed by atoms with Crippen molar-refractivity contribution < 1.29 is 9.59 Å². The first-order valence-electron chi connectivity index (χ1n) is 8.01. The molecule has 1 aliphatic carbocycles. The number of hydrogen-bond acceptors (Lipinski definition) is 3. The average molecular weight is 304 g/mol. The van der Waals surface area contributed by atoms with Crippen molar-refractivity contribution in [1.29, 1.82) is 0 Å². The maximum atomic E-state index is 12.8. The van der Waals surface area contributed by atoms with E-state index in [9.17, 15) is 9.59 Å². The normalized spacial score (nSPS) is 20.7. The van der Waals surface area contributed by atoms with Gasteiger partial charge in [0.1, 0.15) is 5.54 Å². The van der Waals surface area contributed by atoms with Crippen molar-refractivity contribution in [3.63, 3.8) is 0 Å². The van der Waals surface area contributed by atoms with Gasteiger partial charge in [-0.05, 0) is 31.6 Å². The van der Waals surface area contributed by atoms with Gasteiger partial charge in [-0.1, -0.05) is 0 Å². The summed E-state index contributed by atoms with van der Waals surface area (Å²) in [5.74, 6) is 0.940. The quantitative estimate of drug-likeness (QED) is 0.836. The molecule has 6 heteroatoms. The molecule has 0 atom stereocenters. The molecule has 3 rings (SSSR count). The molecule has 2 fully saturated rings. The largest absolute Gasteiger partial charge is 0.347 e. The molecule has 0 radical (unpaired) electrons. The number of carbonyl (C=O) groups is 2. The van der Waals surface area contributed by atoms with Crippen LogP contribution < -0.4 is 0 Å². The highest BCUT2D eigenvalue weighted by atomic mass is 16.2. The molecule has 0 unspecified atom stereocenters. The second-order valence-corrected chi connectivity index (χ2v) is 6.73. The predicted octanol–water partition coefficient (Wildman–Crippen LogP) is 1.09. The predicted molar refractivity (Wildman–Crippen MR) is 82.1 cm³/mol. The van der Waals surface area contributed by atoms with Crippen LogP contribution in [0.2, 0.25) is 0 Å². The van der Waals surface area contributed by atoms with Crippen molar-refractivity contribution in [3.05, 3.63) is 18.7 Å². The monoisotopic (exact) mass is 304 g/mol. The number of piperidine rings is 1. The van der Waals surface area contributed by atoms with E-state index in [0.717, 1.165) is 0 Å². The van der Waals surface area contributed by atoms with E-state index in [-0.39, 0.29) is 11.8 Å². The topological polar surface area (TPSA) is 58.4 Å². The van der Waals surface area contributed by atoms with Crippen molar-refractivity contribution in [3.8, 4) is 0 Å². The first-order chi connectivity index (χ1) is 10.5. The highest BCUT2D eigenvalue weighted by molar-refractivity contribution is 5.85. The summed E-state index contributed by atoms with van der Waals surface area (Å²) in [5.41, 5.74) is -0.601. The first kappa shape index (κ1) is 15.1. The van der Waals surface area contributed by atoms with Gasteiger partial charge in [-0.3, -0.25) is 9.59 Å². The summed E-state index contributed by atoms with van der Waals surface area (Å²) < 4.78 is 1.91. The fourth-order valence-electron chi connectivity index (χ4n) is 3.34. The van der Waals surface area contributed by atoms with E-state index in [1.54, 1.807) is 31.5 Å². The SMILES string of the molecule is CN(C)C(=O)C1(n2ccnc2)CCN(C(=O)CC2CC2)CC1. The minimum absolute atomic E-state index is 0.0831. The highest BCUT2D eigenvalue weighted by Crippen LogP contribution is 2.35. The van der Waals surface area contributed by atoms with E-state index in [0.29, 0.717) is 38.3 Å².